The zero-order chi connectivity index (χ0) is 17.9. The molecule has 3 aromatic rings. The number of amides is 1. The summed E-state index contributed by atoms with van der Waals surface area (Å²) in [5.41, 5.74) is -0.388. The molecular weight excluding hydrogens is 342 g/mol. The molecule has 2 heterocycles. The summed E-state index contributed by atoms with van der Waals surface area (Å²) in [6.45, 7) is 0. The van der Waals surface area contributed by atoms with Crippen molar-refractivity contribution >= 4 is 32.8 Å². The van der Waals surface area contributed by atoms with Crippen molar-refractivity contribution in [2.45, 2.75) is 4.90 Å². The molecule has 0 bridgehead atoms. The highest BCUT2D eigenvalue weighted by atomic mass is 32.2. The van der Waals surface area contributed by atoms with Gasteiger partial charge in [-0.3, -0.25) is 9.78 Å². The van der Waals surface area contributed by atoms with E-state index in [4.69, 9.17) is 9.68 Å². The highest BCUT2D eigenvalue weighted by molar-refractivity contribution is 7.90. The molecule has 0 radical (unpaired) electrons. The van der Waals surface area contributed by atoms with Crippen LogP contribution in [0.3, 0.4) is 0 Å². The summed E-state index contributed by atoms with van der Waals surface area (Å²) in [5, 5.41) is 10.1. The number of rotatable bonds is 4. The second kappa shape index (κ2) is 6.59. The third-order valence-corrected chi connectivity index (χ3v) is 4.74. The number of pyridine rings is 1. The molecule has 1 aromatic carbocycles. The van der Waals surface area contributed by atoms with Crippen LogP contribution >= 0.6 is 0 Å². The molecule has 0 saturated heterocycles. The fraction of sp³-hybridized carbons (Fsp3) is 0. The van der Waals surface area contributed by atoms with E-state index >= 15 is 0 Å². The number of hydrogen-bond acceptors (Lipinski definition) is 6. The highest BCUT2D eigenvalue weighted by Gasteiger charge is 2.22. The first-order chi connectivity index (χ1) is 12.0. The molecule has 0 atom stereocenters. The number of aromatic nitrogens is 1. The van der Waals surface area contributed by atoms with Gasteiger partial charge in [0.25, 0.3) is 15.9 Å². The number of fused-ring (bicyclic) bond motifs is 1. The second-order valence-corrected chi connectivity index (χ2v) is 6.62. The summed E-state index contributed by atoms with van der Waals surface area (Å²) in [6.07, 6.45) is 5.52. The van der Waals surface area contributed by atoms with Crippen molar-refractivity contribution in [1.29, 1.82) is 5.26 Å². The van der Waals surface area contributed by atoms with Gasteiger partial charge in [-0.15, -0.1) is 0 Å². The van der Waals surface area contributed by atoms with Crippen molar-refractivity contribution in [2.75, 3.05) is 0 Å². The molecule has 25 heavy (non-hydrogen) atoms. The molecule has 0 saturated carbocycles. The number of carbonyl (C=O) groups is 1. The Balaban J connectivity index is 1.96. The quantitative estimate of drug-likeness (QED) is 0.568. The molecule has 1 amide bonds. The van der Waals surface area contributed by atoms with Gasteiger partial charge in [-0.05, 0) is 24.3 Å². The number of nitriles is 1. The van der Waals surface area contributed by atoms with E-state index in [2.05, 4.69) is 4.98 Å². The van der Waals surface area contributed by atoms with Gasteiger partial charge in [0.05, 0.1) is 11.2 Å². The van der Waals surface area contributed by atoms with Crippen LogP contribution in [0.2, 0.25) is 0 Å². The summed E-state index contributed by atoms with van der Waals surface area (Å²) in [4.78, 5) is 16.1. The van der Waals surface area contributed by atoms with E-state index in [0.717, 1.165) is 6.08 Å². The summed E-state index contributed by atoms with van der Waals surface area (Å²) < 4.78 is 32.1. The Kier molecular flexibility index (Phi) is 4.33. The Bertz CT molecular complexity index is 1110. The first kappa shape index (κ1) is 16.4. The van der Waals surface area contributed by atoms with Gasteiger partial charge in [0, 0.05) is 29.2 Å². The first-order valence-electron chi connectivity index (χ1n) is 7.06. The zero-order valence-electron chi connectivity index (χ0n) is 12.7. The highest BCUT2D eigenvalue weighted by Crippen LogP contribution is 2.22. The standard InChI is InChI=1S/C17H11N3O4S/c18-10-13(9-14-4-2-8-24-14)17(21)20-25(22,23)16-5-1-3-12-11-19-7-6-15(12)16/h1-9,11H,(H,20,21)/b13-9-. The maximum atomic E-state index is 12.6. The number of furan rings is 1. The third-order valence-electron chi connectivity index (χ3n) is 3.35. The molecule has 0 aliphatic rings. The lowest BCUT2D eigenvalue weighted by molar-refractivity contribution is -0.115. The third kappa shape index (κ3) is 3.41. The van der Waals surface area contributed by atoms with Crippen LogP contribution in [0.15, 0.2) is 69.9 Å². The smallest absolute Gasteiger partial charge is 0.275 e. The first-order valence-corrected chi connectivity index (χ1v) is 8.55. The largest absolute Gasteiger partial charge is 0.465 e. The predicted octanol–water partition coefficient (Wildman–Crippen LogP) is 2.24. The SMILES string of the molecule is N#C/C(=C/c1ccco1)C(=O)NS(=O)(=O)c1cccc2cnccc12. The lowest BCUT2D eigenvalue weighted by atomic mass is 10.2. The van der Waals surface area contributed by atoms with E-state index in [0.29, 0.717) is 10.8 Å². The van der Waals surface area contributed by atoms with Crippen molar-refractivity contribution < 1.29 is 17.6 Å². The molecule has 0 aliphatic heterocycles. The summed E-state index contributed by atoms with van der Waals surface area (Å²) in [6, 6.07) is 11.0. The Morgan fingerprint density at radius 2 is 2.08 bits per heavy atom. The number of benzene rings is 1. The van der Waals surface area contributed by atoms with Gasteiger partial charge in [-0.2, -0.15) is 5.26 Å². The second-order valence-electron chi connectivity index (χ2n) is 4.97. The number of hydrogen-bond donors (Lipinski definition) is 1. The van der Waals surface area contributed by atoms with Gasteiger partial charge >= 0.3 is 0 Å². The van der Waals surface area contributed by atoms with Gasteiger partial charge in [0.2, 0.25) is 0 Å². The number of sulfonamides is 1. The van der Waals surface area contributed by atoms with Crippen LogP contribution < -0.4 is 4.72 Å². The van der Waals surface area contributed by atoms with Crippen LogP contribution in [-0.2, 0) is 14.8 Å². The minimum atomic E-state index is -4.17. The van der Waals surface area contributed by atoms with E-state index in [1.165, 1.54) is 36.9 Å². The fourth-order valence-electron chi connectivity index (χ4n) is 2.22. The topological polar surface area (TPSA) is 113 Å². The minimum Gasteiger partial charge on any atom is -0.465 e. The van der Waals surface area contributed by atoms with E-state index in [1.54, 1.807) is 24.3 Å². The molecule has 1 N–H and O–H groups in total. The molecule has 124 valence electrons. The number of nitrogens with one attached hydrogen (secondary N) is 1. The van der Waals surface area contributed by atoms with Gasteiger partial charge < -0.3 is 4.42 Å². The van der Waals surface area contributed by atoms with E-state index in [-0.39, 0.29) is 16.2 Å². The van der Waals surface area contributed by atoms with Crippen LogP contribution in [0.4, 0.5) is 0 Å². The molecular formula is C17H11N3O4S. The summed E-state index contributed by atoms with van der Waals surface area (Å²) in [7, 11) is -4.17. The number of nitrogens with zero attached hydrogens (tertiary/aromatic N) is 2. The Hall–Kier alpha value is -3.44. The van der Waals surface area contributed by atoms with Crippen molar-refractivity contribution in [2.24, 2.45) is 0 Å². The van der Waals surface area contributed by atoms with Gasteiger partial charge in [-0.1, -0.05) is 12.1 Å². The fourth-order valence-corrected chi connectivity index (χ4v) is 3.42. The molecule has 3 rings (SSSR count). The van der Waals surface area contributed by atoms with Crippen LogP contribution in [0.25, 0.3) is 16.8 Å². The summed E-state index contributed by atoms with van der Waals surface area (Å²) >= 11 is 0. The van der Waals surface area contributed by atoms with Crippen molar-refractivity contribution in [3.63, 3.8) is 0 Å². The molecule has 0 aliphatic carbocycles. The minimum absolute atomic E-state index is 0.0731. The van der Waals surface area contributed by atoms with Crippen LogP contribution in [-0.4, -0.2) is 19.3 Å². The van der Waals surface area contributed by atoms with Crippen LogP contribution in [0, 0.1) is 11.3 Å². The van der Waals surface area contributed by atoms with E-state index < -0.39 is 15.9 Å². The molecule has 2 aromatic heterocycles. The Morgan fingerprint density at radius 1 is 1.24 bits per heavy atom. The van der Waals surface area contributed by atoms with Crippen molar-refractivity contribution in [1.82, 2.24) is 9.71 Å². The van der Waals surface area contributed by atoms with Gasteiger partial charge in [0.1, 0.15) is 17.4 Å². The predicted molar refractivity (Wildman–Crippen MR) is 89.4 cm³/mol. The molecule has 8 heteroatoms. The lowest BCUT2D eigenvalue weighted by Crippen LogP contribution is -2.31. The molecule has 7 nitrogen and oxygen atoms in total. The van der Waals surface area contributed by atoms with E-state index in [1.807, 2.05) is 4.72 Å². The van der Waals surface area contributed by atoms with E-state index in [9.17, 15) is 13.2 Å². The maximum absolute atomic E-state index is 12.6. The normalized spacial score (nSPS) is 11.9. The van der Waals surface area contributed by atoms with Gasteiger partial charge in [-0.25, -0.2) is 13.1 Å². The molecule has 0 fully saturated rings. The zero-order valence-corrected chi connectivity index (χ0v) is 13.5. The lowest BCUT2D eigenvalue weighted by Gasteiger charge is -2.09. The average Bonchev–Trinajstić information content (AvgIpc) is 3.11. The molecule has 0 spiro atoms. The maximum Gasteiger partial charge on any atom is 0.275 e. The Labute approximate surface area is 143 Å². The summed E-state index contributed by atoms with van der Waals surface area (Å²) in [5.74, 6) is -0.773. The van der Waals surface area contributed by atoms with Crippen molar-refractivity contribution in [3.8, 4) is 6.07 Å². The average molecular weight is 353 g/mol. The van der Waals surface area contributed by atoms with Crippen LogP contribution in [0.1, 0.15) is 5.76 Å². The Morgan fingerprint density at radius 3 is 2.80 bits per heavy atom. The van der Waals surface area contributed by atoms with Crippen molar-refractivity contribution in [3.05, 3.63) is 66.4 Å². The molecule has 0 unspecified atom stereocenters. The van der Waals surface area contributed by atoms with Gasteiger partial charge in [0.15, 0.2) is 0 Å². The number of carbonyl (C=O) groups excluding carboxylic acids is 1. The van der Waals surface area contributed by atoms with Crippen LogP contribution in [0.5, 0.6) is 0 Å². The monoisotopic (exact) mass is 353 g/mol.